The van der Waals surface area contributed by atoms with Crippen LogP contribution >= 0.6 is 0 Å². The van der Waals surface area contributed by atoms with Crippen molar-refractivity contribution in [3.8, 4) is 0 Å². The zero-order chi connectivity index (χ0) is 19.7. The molecule has 1 amide bonds. The largest absolute Gasteiger partial charge is 0.445 e. The van der Waals surface area contributed by atoms with Gasteiger partial charge in [-0.15, -0.1) is 0 Å². The molecule has 0 aliphatic carbocycles. The van der Waals surface area contributed by atoms with Crippen LogP contribution in [0.25, 0.3) is 0 Å². The molecule has 1 aromatic rings. The Morgan fingerprint density at radius 1 is 0.840 bits per heavy atom. The first-order valence-corrected chi connectivity index (χ1v) is 6.01. The molecule has 0 radical (unpaired) electrons. The van der Waals surface area contributed by atoms with Crippen molar-refractivity contribution in [1.29, 1.82) is 0 Å². The normalized spacial score (nSPS) is 13.5. The van der Waals surface area contributed by atoms with E-state index >= 15 is 0 Å². The first kappa shape index (κ1) is 20.8. The van der Waals surface area contributed by atoms with Gasteiger partial charge in [-0.1, -0.05) is 12.1 Å². The lowest BCUT2D eigenvalue weighted by Gasteiger charge is -2.38. The Bertz CT molecular complexity index is 566. The summed E-state index contributed by atoms with van der Waals surface area (Å²) in [6.07, 6.45) is -23.5. The average Bonchev–Trinajstić information content (AvgIpc) is 2.40. The van der Waals surface area contributed by atoms with Gasteiger partial charge in [0, 0.05) is 0 Å². The van der Waals surface area contributed by atoms with Crippen LogP contribution in [0.2, 0.25) is 0 Å². The second-order valence-corrected chi connectivity index (χ2v) is 4.57. The summed E-state index contributed by atoms with van der Waals surface area (Å²) in [5.41, 5.74) is -6.60. The fourth-order valence-corrected chi connectivity index (χ4v) is 1.61. The predicted octanol–water partition coefficient (Wildman–Crippen LogP) is 4.48. The summed E-state index contributed by atoms with van der Waals surface area (Å²) >= 11 is 0. The minimum atomic E-state index is -6.95. The van der Waals surface area contributed by atoms with E-state index in [-0.39, 0.29) is 10.9 Å². The summed E-state index contributed by atoms with van der Waals surface area (Å²) in [5, 5.41) is -0.178. The van der Waals surface area contributed by atoms with Gasteiger partial charge in [0.25, 0.3) is 0 Å². The van der Waals surface area contributed by atoms with Crippen molar-refractivity contribution in [3.05, 3.63) is 35.6 Å². The molecule has 1 N–H and O–H groups in total. The van der Waals surface area contributed by atoms with Crippen LogP contribution in [-0.2, 0) is 11.3 Å². The lowest BCUT2D eigenvalue weighted by atomic mass is 9.97. The molecular formula is C12H7F10NO2. The third kappa shape index (κ3) is 4.25. The van der Waals surface area contributed by atoms with Crippen LogP contribution in [0.5, 0.6) is 0 Å². The molecule has 13 heteroatoms. The van der Waals surface area contributed by atoms with Gasteiger partial charge in [-0.3, -0.25) is 5.32 Å². The number of carbonyl (C=O) groups excluding carboxylic acids is 1. The van der Waals surface area contributed by atoms with E-state index in [9.17, 15) is 48.7 Å². The van der Waals surface area contributed by atoms with Gasteiger partial charge in [0.2, 0.25) is 0 Å². The molecule has 0 saturated heterocycles. The highest BCUT2D eigenvalue weighted by molar-refractivity contribution is 5.69. The molecule has 0 fully saturated rings. The SMILES string of the molecule is O=C(NC(C(F)(F)F)(C(F)(F)F)C(F)(F)F)OCc1ccc(F)cc1. The monoisotopic (exact) mass is 387 g/mol. The third-order valence-corrected chi connectivity index (χ3v) is 2.85. The number of hydrogen-bond donors (Lipinski definition) is 1. The fourth-order valence-electron chi connectivity index (χ4n) is 1.61. The van der Waals surface area contributed by atoms with Crippen LogP contribution < -0.4 is 5.32 Å². The summed E-state index contributed by atoms with van der Waals surface area (Å²) in [6, 6.07) is 3.55. The number of halogens is 10. The smallest absolute Gasteiger partial charge is 0.429 e. The molecule has 0 saturated carbocycles. The number of nitrogens with one attached hydrogen (secondary N) is 1. The first-order chi connectivity index (χ1) is 11.1. The Morgan fingerprint density at radius 2 is 1.24 bits per heavy atom. The van der Waals surface area contributed by atoms with Crippen molar-refractivity contribution in [1.82, 2.24) is 5.32 Å². The van der Waals surface area contributed by atoms with E-state index in [0.717, 1.165) is 24.3 Å². The molecule has 3 nitrogen and oxygen atoms in total. The minimum absolute atomic E-state index is 0.0897. The van der Waals surface area contributed by atoms with E-state index in [4.69, 9.17) is 0 Å². The van der Waals surface area contributed by atoms with E-state index in [0.29, 0.717) is 0 Å². The molecule has 0 aliphatic heterocycles. The molecule has 0 atom stereocenters. The summed E-state index contributed by atoms with van der Waals surface area (Å²) in [4.78, 5) is 11.1. The predicted molar refractivity (Wildman–Crippen MR) is 60.6 cm³/mol. The maximum atomic E-state index is 12.6. The molecule has 0 aromatic heterocycles. The van der Waals surface area contributed by atoms with Gasteiger partial charge < -0.3 is 4.74 Å². The number of hydrogen-bond acceptors (Lipinski definition) is 2. The zero-order valence-electron chi connectivity index (χ0n) is 11.6. The number of benzene rings is 1. The molecular weight excluding hydrogens is 380 g/mol. The van der Waals surface area contributed by atoms with Crippen LogP contribution in [0.4, 0.5) is 48.7 Å². The molecule has 142 valence electrons. The van der Waals surface area contributed by atoms with Crippen molar-refractivity contribution in [3.63, 3.8) is 0 Å². The van der Waals surface area contributed by atoms with Crippen molar-refractivity contribution >= 4 is 6.09 Å². The van der Waals surface area contributed by atoms with Gasteiger partial charge in [0.15, 0.2) is 0 Å². The number of rotatable bonds is 3. The molecule has 1 rings (SSSR count). The van der Waals surface area contributed by atoms with E-state index < -0.39 is 42.6 Å². The zero-order valence-corrected chi connectivity index (χ0v) is 11.6. The van der Waals surface area contributed by atoms with Gasteiger partial charge in [0.05, 0.1) is 0 Å². The van der Waals surface area contributed by atoms with Crippen LogP contribution in [-0.4, -0.2) is 30.2 Å². The van der Waals surface area contributed by atoms with Crippen molar-refractivity contribution in [2.75, 3.05) is 0 Å². The molecule has 25 heavy (non-hydrogen) atoms. The van der Waals surface area contributed by atoms with Crippen molar-refractivity contribution < 1.29 is 53.4 Å². The van der Waals surface area contributed by atoms with Crippen LogP contribution in [0.15, 0.2) is 24.3 Å². The van der Waals surface area contributed by atoms with Gasteiger partial charge in [0.1, 0.15) is 12.4 Å². The van der Waals surface area contributed by atoms with Crippen LogP contribution in [0.1, 0.15) is 5.56 Å². The summed E-state index contributed by atoms with van der Waals surface area (Å²) in [7, 11) is 0. The Kier molecular flexibility index (Phi) is 5.50. The van der Waals surface area contributed by atoms with E-state index in [1.54, 1.807) is 0 Å². The van der Waals surface area contributed by atoms with Gasteiger partial charge in [-0.05, 0) is 17.7 Å². The second kappa shape index (κ2) is 6.59. The van der Waals surface area contributed by atoms with Gasteiger partial charge >= 0.3 is 30.2 Å². The number of alkyl halides is 9. The molecule has 0 spiro atoms. The third-order valence-electron chi connectivity index (χ3n) is 2.85. The Hall–Kier alpha value is -2.21. The van der Waals surface area contributed by atoms with E-state index in [2.05, 4.69) is 4.74 Å². The van der Waals surface area contributed by atoms with Crippen LogP contribution in [0, 0.1) is 5.82 Å². The Balaban J connectivity index is 3.05. The maximum absolute atomic E-state index is 12.6. The quantitative estimate of drug-likeness (QED) is 0.777. The van der Waals surface area contributed by atoms with E-state index in [1.807, 2.05) is 0 Å². The number of amides is 1. The van der Waals surface area contributed by atoms with Gasteiger partial charge in [-0.25, -0.2) is 9.18 Å². The fraction of sp³-hybridized carbons (Fsp3) is 0.417. The molecule has 0 unspecified atom stereocenters. The van der Waals surface area contributed by atoms with Gasteiger partial charge in [-0.2, -0.15) is 39.5 Å². The van der Waals surface area contributed by atoms with Crippen molar-refractivity contribution in [2.24, 2.45) is 0 Å². The molecule has 0 aliphatic rings. The highest BCUT2D eigenvalue weighted by Crippen LogP contribution is 2.52. The molecule has 1 aromatic carbocycles. The number of alkyl carbamates (subject to hydrolysis) is 1. The topological polar surface area (TPSA) is 38.3 Å². The lowest BCUT2D eigenvalue weighted by Crippen LogP contribution is -2.75. The summed E-state index contributed by atoms with van der Waals surface area (Å²) in [6.45, 7) is -0.990. The number of carbonyl (C=O) groups is 1. The minimum Gasteiger partial charge on any atom is -0.445 e. The van der Waals surface area contributed by atoms with Crippen LogP contribution in [0.3, 0.4) is 0 Å². The second-order valence-electron chi connectivity index (χ2n) is 4.57. The summed E-state index contributed by atoms with van der Waals surface area (Å²) < 4.78 is 130. The first-order valence-electron chi connectivity index (χ1n) is 6.01. The number of ether oxygens (including phenoxy) is 1. The lowest BCUT2D eigenvalue weighted by molar-refractivity contribution is -0.387. The molecule has 0 heterocycles. The van der Waals surface area contributed by atoms with Crippen molar-refractivity contribution in [2.45, 2.75) is 30.7 Å². The highest BCUT2D eigenvalue weighted by Gasteiger charge is 2.85. The Morgan fingerprint density at radius 3 is 1.60 bits per heavy atom. The highest BCUT2D eigenvalue weighted by atomic mass is 19.4. The average molecular weight is 387 g/mol. The Labute approximate surface area is 132 Å². The van der Waals surface area contributed by atoms with E-state index in [1.165, 1.54) is 0 Å². The standard InChI is InChI=1S/C12H7F10NO2/c13-7-3-1-6(2-4-7)5-25-8(24)23-9(10(14,15)16,11(17,18)19)12(20,21)22/h1-4H,5H2,(H,23,24). The summed E-state index contributed by atoms with van der Waals surface area (Å²) in [5.74, 6) is -0.751. The maximum Gasteiger partial charge on any atom is 0.429 e. The molecule has 0 bridgehead atoms.